The van der Waals surface area contributed by atoms with Crippen molar-refractivity contribution in [3.63, 3.8) is 0 Å². The number of nitrogens with zero attached hydrogens (tertiary/aromatic N) is 1. The molecule has 0 aromatic rings. The van der Waals surface area contributed by atoms with E-state index in [9.17, 15) is 4.79 Å². The molecule has 16 heavy (non-hydrogen) atoms. The third kappa shape index (κ3) is 3.17. The van der Waals surface area contributed by atoms with Crippen LogP contribution < -0.4 is 11.1 Å². The van der Waals surface area contributed by atoms with Crippen molar-refractivity contribution in [3.8, 4) is 0 Å². The predicted octanol–water partition coefficient (Wildman–Crippen LogP) is -0.441. The minimum Gasteiger partial charge on any atom is -0.377 e. The highest BCUT2D eigenvalue weighted by Gasteiger charge is 2.31. The van der Waals surface area contributed by atoms with E-state index >= 15 is 0 Å². The quantitative estimate of drug-likeness (QED) is 0.670. The molecule has 0 aromatic heterocycles. The molecule has 1 amide bonds. The Kier molecular flexibility index (Phi) is 5.18. The molecule has 1 fully saturated rings. The molecule has 5 heteroatoms. The van der Waals surface area contributed by atoms with Gasteiger partial charge in [0.05, 0.1) is 6.10 Å². The molecule has 1 aliphatic heterocycles. The van der Waals surface area contributed by atoms with Crippen LogP contribution in [0.3, 0.4) is 0 Å². The van der Waals surface area contributed by atoms with Crippen LogP contribution in [0.25, 0.3) is 0 Å². The van der Waals surface area contributed by atoms with E-state index in [1.54, 1.807) is 7.05 Å². The van der Waals surface area contributed by atoms with Gasteiger partial charge in [-0.2, -0.15) is 0 Å². The van der Waals surface area contributed by atoms with E-state index in [2.05, 4.69) is 17.1 Å². The van der Waals surface area contributed by atoms with Gasteiger partial charge in [0.1, 0.15) is 0 Å². The second-order valence-corrected chi connectivity index (χ2v) is 4.36. The zero-order chi connectivity index (χ0) is 12.1. The van der Waals surface area contributed by atoms with Crippen molar-refractivity contribution < 1.29 is 9.53 Å². The minimum atomic E-state index is 0.0360. The number of likely N-dealkylation sites (N-methyl/N-ethyl adjacent to an activating group) is 1. The zero-order valence-electron chi connectivity index (χ0n) is 10.4. The number of amides is 1. The van der Waals surface area contributed by atoms with E-state index in [0.717, 1.165) is 13.0 Å². The molecule has 1 rings (SSSR count). The molecule has 1 aliphatic rings. The number of rotatable bonds is 5. The van der Waals surface area contributed by atoms with E-state index < -0.39 is 0 Å². The first-order valence-corrected chi connectivity index (χ1v) is 5.84. The summed E-state index contributed by atoms with van der Waals surface area (Å²) in [5, 5.41) is 2.63. The van der Waals surface area contributed by atoms with Crippen LogP contribution in [0.1, 0.15) is 19.8 Å². The molecule has 0 saturated carbocycles. The maximum atomic E-state index is 11.4. The third-order valence-electron chi connectivity index (χ3n) is 3.41. The zero-order valence-corrected chi connectivity index (χ0v) is 10.4. The lowest BCUT2D eigenvalue weighted by Gasteiger charge is -2.33. The molecule has 1 heterocycles. The Morgan fingerprint density at radius 3 is 2.81 bits per heavy atom. The number of carbonyl (C=O) groups is 1. The van der Waals surface area contributed by atoms with Crippen LogP contribution in [0.2, 0.25) is 0 Å². The summed E-state index contributed by atoms with van der Waals surface area (Å²) in [6, 6.07) is 0.465. The smallest absolute Gasteiger partial charge is 0.221 e. The number of hydrogen-bond donors (Lipinski definition) is 2. The van der Waals surface area contributed by atoms with Crippen molar-refractivity contribution in [3.05, 3.63) is 0 Å². The molecule has 3 N–H and O–H groups in total. The molecule has 3 atom stereocenters. The Morgan fingerprint density at radius 2 is 2.38 bits per heavy atom. The summed E-state index contributed by atoms with van der Waals surface area (Å²) < 4.78 is 5.53. The molecule has 0 bridgehead atoms. The van der Waals surface area contributed by atoms with Gasteiger partial charge in [-0.25, -0.2) is 0 Å². The summed E-state index contributed by atoms with van der Waals surface area (Å²) in [4.78, 5) is 13.5. The maximum Gasteiger partial charge on any atom is 0.221 e. The van der Waals surface area contributed by atoms with E-state index in [1.807, 2.05) is 7.05 Å². The van der Waals surface area contributed by atoms with Crippen LogP contribution in [0.15, 0.2) is 0 Å². The summed E-state index contributed by atoms with van der Waals surface area (Å²) in [7, 11) is 3.67. The molecule has 94 valence electrons. The Balaban J connectivity index is 2.54. The number of carbonyl (C=O) groups excluding carboxylic acids is 1. The number of ether oxygens (including phenoxy) is 1. The second kappa shape index (κ2) is 6.18. The van der Waals surface area contributed by atoms with Crippen molar-refractivity contribution in [2.45, 2.75) is 38.0 Å². The average Bonchev–Trinajstić information content (AvgIpc) is 2.71. The fourth-order valence-corrected chi connectivity index (χ4v) is 2.24. The van der Waals surface area contributed by atoms with Crippen molar-refractivity contribution >= 4 is 5.91 Å². The fraction of sp³-hybridized carbons (Fsp3) is 0.909. The third-order valence-corrected chi connectivity index (χ3v) is 3.41. The Labute approximate surface area is 97.3 Å². The molecule has 0 aliphatic carbocycles. The number of hydrogen-bond acceptors (Lipinski definition) is 4. The molecule has 3 unspecified atom stereocenters. The van der Waals surface area contributed by atoms with E-state index in [4.69, 9.17) is 10.5 Å². The molecular weight excluding hydrogens is 206 g/mol. The molecule has 0 spiro atoms. The van der Waals surface area contributed by atoms with Crippen molar-refractivity contribution in [1.29, 1.82) is 0 Å². The Bertz CT molecular complexity index is 235. The van der Waals surface area contributed by atoms with Crippen LogP contribution >= 0.6 is 0 Å². The van der Waals surface area contributed by atoms with Gasteiger partial charge >= 0.3 is 0 Å². The van der Waals surface area contributed by atoms with E-state index in [1.165, 1.54) is 0 Å². The normalized spacial score (nSPS) is 27.1. The topological polar surface area (TPSA) is 67.6 Å². The van der Waals surface area contributed by atoms with Gasteiger partial charge in [0.25, 0.3) is 0 Å². The number of nitrogens with one attached hydrogen (secondary N) is 1. The highest BCUT2D eigenvalue weighted by molar-refractivity contribution is 5.76. The lowest BCUT2D eigenvalue weighted by Crippen LogP contribution is -2.48. The first-order valence-electron chi connectivity index (χ1n) is 5.84. The van der Waals surface area contributed by atoms with E-state index in [0.29, 0.717) is 19.0 Å². The largest absolute Gasteiger partial charge is 0.377 e. The second-order valence-electron chi connectivity index (χ2n) is 4.36. The summed E-state index contributed by atoms with van der Waals surface area (Å²) in [6.45, 7) is 3.36. The van der Waals surface area contributed by atoms with Crippen LogP contribution in [0.4, 0.5) is 0 Å². The van der Waals surface area contributed by atoms with Crippen molar-refractivity contribution in [1.82, 2.24) is 10.2 Å². The molecule has 0 radical (unpaired) electrons. The van der Waals surface area contributed by atoms with Crippen molar-refractivity contribution in [2.75, 3.05) is 27.2 Å². The Hall–Kier alpha value is -0.650. The van der Waals surface area contributed by atoms with Gasteiger partial charge in [0.15, 0.2) is 0 Å². The van der Waals surface area contributed by atoms with Gasteiger partial charge in [0, 0.05) is 38.7 Å². The lowest BCUT2D eigenvalue weighted by atomic mass is 10.1. The summed E-state index contributed by atoms with van der Waals surface area (Å²) in [5.74, 6) is 0.0360. The number of nitrogens with two attached hydrogens (primary N) is 1. The van der Waals surface area contributed by atoms with Gasteiger partial charge in [-0.1, -0.05) is 0 Å². The molecule has 5 nitrogen and oxygen atoms in total. The highest BCUT2D eigenvalue weighted by atomic mass is 16.5. The van der Waals surface area contributed by atoms with Gasteiger partial charge < -0.3 is 15.8 Å². The average molecular weight is 229 g/mol. The van der Waals surface area contributed by atoms with Crippen LogP contribution in [0.5, 0.6) is 0 Å². The summed E-state index contributed by atoms with van der Waals surface area (Å²) in [6.07, 6.45) is 1.69. The summed E-state index contributed by atoms with van der Waals surface area (Å²) >= 11 is 0. The van der Waals surface area contributed by atoms with Crippen LogP contribution in [0, 0.1) is 0 Å². The Morgan fingerprint density at radius 1 is 1.69 bits per heavy atom. The fourth-order valence-electron chi connectivity index (χ4n) is 2.24. The molecule has 0 aromatic carbocycles. The van der Waals surface area contributed by atoms with Gasteiger partial charge in [-0.05, 0) is 20.4 Å². The summed E-state index contributed by atoms with van der Waals surface area (Å²) in [5.41, 5.74) is 5.73. The standard InChI is InChI=1S/C11H23N3O2/c1-8-10(4-5-16-8)14(3)9(7-12)6-11(15)13-2/h8-10H,4-7,12H2,1-3H3,(H,13,15). The molecular formula is C11H23N3O2. The first-order chi connectivity index (χ1) is 7.60. The van der Waals surface area contributed by atoms with Crippen molar-refractivity contribution in [2.24, 2.45) is 5.73 Å². The predicted molar refractivity (Wildman–Crippen MR) is 63.1 cm³/mol. The monoisotopic (exact) mass is 229 g/mol. The highest BCUT2D eigenvalue weighted by Crippen LogP contribution is 2.20. The van der Waals surface area contributed by atoms with Crippen LogP contribution in [-0.2, 0) is 9.53 Å². The van der Waals surface area contributed by atoms with E-state index in [-0.39, 0.29) is 18.1 Å². The van der Waals surface area contributed by atoms with Gasteiger partial charge in [-0.15, -0.1) is 0 Å². The van der Waals surface area contributed by atoms with Gasteiger partial charge in [0.2, 0.25) is 5.91 Å². The first kappa shape index (κ1) is 13.4. The molecule has 1 saturated heterocycles. The van der Waals surface area contributed by atoms with Gasteiger partial charge in [-0.3, -0.25) is 9.69 Å². The van der Waals surface area contributed by atoms with Crippen LogP contribution in [-0.4, -0.2) is 56.2 Å². The maximum absolute atomic E-state index is 11.4. The SMILES string of the molecule is CNC(=O)CC(CN)N(C)C1CCOC1C. The minimum absolute atomic E-state index is 0.0360. The lowest BCUT2D eigenvalue weighted by molar-refractivity contribution is -0.122.